The molecule has 3 heterocycles. The molecule has 230 valence electrons. The molecule has 4 aromatic rings. The molecule has 10 nitrogen and oxygen atoms in total. The fourth-order valence-corrected chi connectivity index (χ4v) is 6.98. The van der Waals surface area contributed by atoms with E-state index in [2.05, 4.69) is 10.2 Å². The monoisotopic (exact) mass is 628 g/mol. The average Bonchev–Trinajstić information content (AvgIpc) is 3.69. The molecule has 1 unspecified atom stereocenters. The van der Waals surface area contributed by atoms with E-state index >= 15 is 0 Å². The Kier molecular flexibility index (Phi) is 7.56. The molecule has 0 spiro atoms. The maximum atomic E-state index is 13.5. The second-order valence-corrected chi connectivity index (χ2v) is 12.8. The minimum absolute atomic E-state index is 0.0393. The number of rotatable bonds is 6. The van der Waals surface area contributed by atoms with Gasteiger partial charge in [-0.2, -0.15) is 13.2 Å². The molecule has 3 N–H and O–H groups in total. The van der Waals surface area contributed by atoms with Gasteiger partial charge in [0.15, 0.2) is 15.4 Å². The molecule has 1 amide bonds. The first-order valence-electron chi connectivity index (χ1n) is 13.7. The Morgan fingerprint density at radius 1 is 1.00 bits per heavy atom. The second kappa shape index (κ2) is 11.1. The van der Waals surface area contributed by atoms with E-state index in [4.69, 9.17) is 14.9 Å². The summed E-state index contributed by atoms with van der Waals surface area (Å²) in [5.74, 6) is -1.05. The number of nitrogens with zero attached hydrogens (tertiary/aromatic N) is 3. The first-order valence-corrected chi connectivity index (χ1v) is 15.3. The molecular formula is C30H27F3N4O6S. The van der Waals surface area contributed by atoms with Crippen LogP contribution in [0.4, 0.5) is 18.9 Å². The van der Waals surface area contributed by atoms with E-state index in [0.29, 0.717) is 41.7 Å². The Hall–Kier alpha value is -4.11. The zero-order valence-electron chi connectivity index (χ0n) is 23.1. The number of carbonyl (C=O) groups is 1. The van der Waals surface area contributed by atoms with Crippen LogP contribution in [0.15, 0.2) is 76.0 Å². The molecular weight excluding hydrogens is 601 g/mol. The minimum Gasteiger partial charge on any atom is -0.417 e. The molecule has 2 aliphatic heterocycles. The van der Waals surface area contributed by atoms with Crippen LogP contribution in [0, 0.1) is 0 Å². The first-order chi connectivity index (χ1) is 20.9. The summed E-state index contributed by atoms with van der Waals surface area (Å²) in [7, 11) is -3.95. The molecule has 0 bridgehead atoms. The Balaban J connectivity index is 1.33. The van der Waals surface area contributed by atoms with Crippen LogP contribution in [0.5, 0.6) is 0 Å². The van der Waals surface area contributed by atoms with Gasteiger partial charge in [0.2, 0.25) is 11.8 Å². The highest BCUT2D eigenvalue weighted by Crippen LogP contribution is 2.39. The number of ether oxygens (including phenoxy) is 1. The zero-order valence-corrected chi connectivity index (χ0v) is 23.9. The van der Waals surface area contributed by atoms with Crippen molar-refractivity contribution in [1.82, 2.24) is 10.2 Å². The van der Waals surface area contributed by atoms with Crippen LogP contribution in [-0.4, -0.2) is 54.6 Å². The molecule has 0 aliphatic carbocycles. The number of anilines is 1. The van der Waals surface area contributed by atoms with Crippen molar-refractivity contribution in [2.75, 3.05) is 23.9 Å². The van der Waals surface area contributed by atoms with Crippen molar-refractivity contribution in [2.45, 2.75) is 42.1 Å². The van der Waals surface area contributed by atoms with Crippen molar-refractivity contribution < 1.29 is 40.6 Å². The van der Waals surface area contributed by atoms with E-state index in [1.807, 2.05) is 0 Å². The van der Waals surface area contributed by atoms with E-state index in [1.165, 1.54) is 35.2 Å². The van der Waals surface area contributed by atoms with E-state index in [1.54, 1.807) is 24.3 Å². The van der Waals surface area contributed by atoms with Crippen molar-refractivity contribution in [3.63, 3.8) is 0 Å². The minimum atomic E-state index is -4.44. The number of amides is 1. The summed E-state index contributed by atoms with van der Waals surface area (Å²) in [4.78, 5) is 14.7. The number of nitrogens with two attached hydrogens (primary N) is 1. The lowest BCUT2D eigenvalue weighted by Crippen LogP contribution is -2.45. The molecule has 44 heavy (non-hydrogen) atoms. The SMILES string of the molecule is N[C@H]1CS(=O)(=O)c2ccc(-c3nnc(C4(CO)CCCO4)o3)cc2N(Cc2ccc(-c3ccc(C(F)(F)F)cc3)cc2)C1=O. The van der Waals surface area contributed by atoms with Gasteiger partial charge in [-0.25, -0.2) is 8.42 Å². The van der Waals surface area contributed by atoms with Crippen LogP contribution in [0.2, 0.25) is 0 Å². The van der Waals surface area contributed by atoms with Crippen molar-refractivity contribution in [3.8, 4) is 22.6 Å². The number of halogens is 3. The lowest BCUT2D eigenvalue weighted by Gasteiger charge is -2.24. The fraction of sp³-hybridized carbons (Fsp3) is 0.300. The molecule has 14 heteroatoms. The molecule has 1 aromatic heterocycles. The Morgan fingerprint density at radius 2 is 1.66 bits per heavy atom. The van der Waals surface area contributed by atoms with Crippen molar-refractivity contribution in [3.05, 3.63) is 83.7 Å². The third kappa shape index (κ3) is 5.49. The number of benzene rings is 3. The number of aliphatic hydroxyl groups is 1. The summed E-state index contributed by atoms with van der Waals surface area (Å²) in [6, 6.07) is 14.6. The molecule has 1 saturated heterocycles. The van der Waals surface area contributed by atoms with Crippen LogP contribution in [0.1, 0.15) is 29.9 Å². The number of hydrogen-bond donors (Lipinski definition) is 2. The first kappa shape index (κ1) is 29.9. The highest BCUT2D eigenvalue weighted by Gasteiger charge is 2.42. The topological polar surface area (TPSA) is 149 Å². The third-order valence-corrected chi connectivity index (χ3v) is 9.64. The van der Waals surface area contributed by atoms with Crippen LogP contribution in [0.3, 0.4) is 0 Å². The van der Waals surface area contributed by atoms with Crippen molar-refractivity contribution in [1.29, 1.82) is 0 Å². The quantitative estimate of drug-likeness (QED) is 0.322. The van der Waals surface area contributed by atoms with Gasteiger partial charge >= 0.3 is 6.18 Å². The van der Waals surface area contributed by atoms with E-state index < -0.39 is 44.9 Å². The Bertz CT molecular complexity index is 1800. The fourth-order valence-electron chi connectivity index (χ4n) is 5.42. The average molecular weight is 629 g/mol. The molecule has 3 aromatic carbocycles. The van der Waals surface area contributed by atoms with Crippen LogP contribution in [0.25, 0.3) is 22.6 Å². The predicted molar refractivity (Wildman–Crippen MR) is 152 cm³/mol. The highest BCUT2D eigenvalue weighted by atomic mass is 32.2. The van der Waals surface area contributed by atoms with Gasteiger partial charge in [0, 0.05) is 12.2 Å². The summed E-state index contributed by atoms with van der Waals surface area (Å²) in [5, 5.41) is 18.1. The largest absolute Gasteiger partial charge is 0.417 e. The number of sulfone groups is 1. The normalized spacial score (nSPS) is 21.7. The zero-order chi connectivity index (χ0) is 31.3. The molecule has 2 aliphatic rings. The van der Waals surface area contributed by atoms with Gasteiger partial charge in [-0.1, -0.05) is 36.4 Å². The maximum Gasteiger partial charge on any atom is 0.416 e. The molecule has 0 saturated carbocycles. The summed E-state index contributed by atoms with van der Waals surface area (Å²) in [5.41, 5.74) is 6.46. The number of aliphatic hydroxyl groups excluding tert-OH is 1. The number of carbonyl (C=O) groups excluding carboxylic acids is 1. The second-order valence-electron chi connectivity index (χ2n) is 10.8. The smallest absolute Gasteiger partial charge is 0.416 e. The summed E-state index contributed by atoms with van der Waals surface area (Å²) >= 11 is 0. The van der Waals surface area contributed by atoms with Crippen LogP contribution >= 0.6 is 0 Å². The van der Waals surface area contributed by atoms with Gasteiger partial charge in [-0.05, 0) is 59.9 Å². The number of hydrogen-bond acceptors (Lipinski definition) is 9. The van der Waals surface area contributed by atoms with E-state index in [-0.39, 0.29) is 35.5 Å². The van der Waals surface area contributed by atoms with Gasteiger partial charge in [0.05, 0.1) is 41.1 Å². The highest BCUT2D eigenvalue weighted by molar-refractivity contribution is 7.91. The lowest BCUT2D eigenvalue weighted by atomic mass is 10.0. The van der Waals surface area contributed by atoms with Crippen LogP contribution in [-0.2, 0) is 37.7 Å². The van der Waals surface area contributed by atoms with Gasteiger partial charge in [0.1, 0.15) is 0 Å². The molecule has 1 fully saturated rings. The van der Waals surface area contributed by atoms with E-state index in [9.17, 15) is 31.5 Å². The number of aromatic nitrogens is 2. The molecule has 0 radical (unpaired) electrons. The standard InChI is InChI=1S/C30H27F3N4O6S/c31-30(32,33)22-9-6-20(7-10-22)19-4-2-18(3-5-19)15-37-24-14-21(8-11-25(24)44(40,41)16-23(34)27(37)39)26-35-36-28(43-26)29(17-38)12-1-13-42-29/h2-11,14,23,38H,1,12-13,15-17,34H2/t23-,29?/m0/s1. The Morgan fingerprint density at radius 3 is 2.27 bits per heavy atom. The summed E-state index contributed by atoms with van der Waals surface area (Å²) in [6.45, 7) is 0.0366. The van der Waals surface area contributed by atoms with Gasteiger partial charge in [0.25, 0.3) is 5.89 Å². The van der Waals surface area contributed by atoms with Crippen molar-refractivity contribution >= 4 is 21.4 Å². The molecule has 6 rings (SSSR count). The predicted octanol–water partition coefficient (Wildman–Crippen LogP) is 4.07. The van der Waals surface area contributed by atoms with E-state index in [0.717, 1.165) is 12.1 Å². The van der Waals surface area contributed by atoms with Gasteiger partial charge in [-0.15, -0.1) is 10.2 Å². The third-order valence-electron chi connectivity index (χ3n) is 7.83. The lowest BCUT2D eigenvalue weighted by molar-refractivity contribution is -0.137. The molecule has 2 atom stereocenters. The van der Waals surface area contributed by atoms with Crippen molar-refractivity contribution in [2.24, 2.45) is 5.73 Å². The summed E-state index contributed by atoms with van der Waals surface area (Å²) in [6.07, 6.45) is -3.24. The number of alkyl halides is 3. The van der Waals surface area contributed by atoms with Gasteiger partial charge < -0.3 is 24.9 Å². The summed E-state index contributed by atoms with van der Waals surface area (Å²) < 4.78 is 76.8. The number of fused-ring (bicyclic) bond motifs is 1. The Labute approximate surface area is 250 Å². The maximum absolute atomic E-state index is 13.5. The van der Waals surface area contributed by atoms with Gasteiger partial charge in [-0.3, -0.25) is 4.79 Å². The van der Waals surface area contributed by atoms with Crippen LogP contribution < -0.4 is 10.6 Å².